The molecule has 0 fully saturated rings. The fourth-order valence-electron chi connectivity index (χ4n) is 3.23. The molecule has 8 heteroatoms. The predicted molar refractivity (Wildman–Crippen MR) is 129 cm³/mol. The summed E-state index contributed by atoms with van der Waals surface area (Å²) < 4.78 is 5.48. The van der Waals surface area contributed by atoms with Crippen molar-refractivity contribution in [3.63, 3.8) is 0 Å². The van der Waals surface area contributed by atoms with E-state index in [1.807, 2.05) is 49.6 Å². The molecule has 2 heterocycles. The zero-order chi connectivity index (χ0) is 23.4. The van der Waals surface area contributed by atoms with E-state index in [1.165, 1.54) is 11.3 Å². The smallest absolute Gasteiger partial charge is 0.338 e. The van der Waals surface area contributed by atoms with Gasteiger partial charge in [-0.05, 0) is 32.4 Å². The van der Waals surface area contributed by atoms with Gasteiger partial charge < -0.3 is 9.72 Å². The van der Waals surface area contributed by atoms with Crippen LogP contribution in [0.4, 0.5) is 5.13 Å². The molecule has 2 aromatic heterocycles. The van der Waals surface area contributed by atoms with Gasteiger partial charge in [0.15, 0.2) is 11.2 Å². The minimum Gasteiger partial charge on any atom is -0.449 e. The van der Waals surface area contributed by atoms with Crippen LogP contribution in [0.5, 0.6) is 0 Å². The van der Waals surface area contributed by atoms with Crippen LogP contribution in [0, 0.1) is 13.8 Å². The molecule has 0 saturated heterocycles. The van der Waals surface area contributed by atoms with Crippen LogP contribution in [0.3, 0.4) is 0 Å². The zero-order valence-electron chi connectivity index (χ0n) is 18.6. The van der Waals surface area contributed by atoms with Gasteiger partial charge in [-0.15, -0.1) is 11.3 Å². The van der Waals surface area contributed by atoms with Gasteiger partial charge in [0, 0.05) is 22.2 Å². The van der Waals surface area contributed by atoms with Crippen molar-refractivity contribution >= 4 is 28.3 Å². The van der Waals surface area contributed by atoms with E-state index in [0.717, 1.165) is 34.0 Å². The van der Waals surface area contributed by atoms with E-state index in [4.69, 9.17) is 4.74 Å². The summed E-state index contributed by atoms with van der Waals surface area (Å²) in [6.45, 7) is 5.69. The maximum Gasteiger partial charge on any atom is 0.338 e. The van der Waals surface area contributed by atoms with Crippen molar-refractivity contribution in [3.8, 4) is 22.6 Å². The van der Waals surface area contributed by atoms with Crippen molar-refractivity contribution in [2.45, 2.75) is 33.3 Å². The van der Waals surface area contributed by atoms with Crippen LogP contribution in [0.15, 0.2) is 60.0 Å². The molecular weight excluding hydrogens is 436 g/mol. The number of H-pyrrole nitrogens is 1. The zero-order valence-corrected chi connectivity index (χ0v) is 19.4. The number of carbonyl (C=O) groups is 2. The second-order valence-electron chi connectivity index (χ2n) is 7.57. The number of imidazole rings is 1. The molecule has 2 aromatic carbocycles. The van der Waals surface area contributed by atoms with Crippen molar-refractivity contribution in [2.75, 3.05) is 5.32 Å². The van der Waals surface area contributed by atoms with Crippen LogP contribution >= 0.6 is 11.3 Å². The molecule has 0 bridgehead atoms. The summed E-state index contributed by atoms with van der Waals surface area (Å²) in [4.78, 5) is 37.5. The molecule has 0 saturated carbocycles. The number of aromatic amines is 1. The summed E-state index contributed by atoms with van der Waals surface area (Å²) in [7, 11) is 0. The van der Waals surface area contributed by atoms with Gasteiger partial charge in [0.25, 0.3) is 5.91 Å². The number of thiazole rings is 1. The van der Waals surface area contributed by atoms with Crippen molar-refractivity contribution in [3.05, 3.63) is 76.9 Å². The second kappa shape index (κ2) is 9.79. The molecule has 4 rings (SSSR count). The molecule has 0 aliphatic heterocycles. The lowest BCUT2D eigenvalue weighted by molar-refractivity contribution is -0.124. The molecule has 7 nitrogen and oxygen atoms in total. The topological polar surface area (TPSA) is 97.0 Å². The van der Waals surface area contributed by atoms with Gasteiger partial charge in [-0.25, -0.2) is 14.8 Å². The van der Waals surface area contributed by atoms with Gasteiger partial charge in [0.1, 0.15) is 5.82 Å². The molecule has 0 aliphatic carbocycles. The molecule has 4 aromatic rings. The molecule has 1 unspecified atom stereocenters. The van der Waals surface area contributed by atoms with Gasteiger partial charge in [-0.1, -0.05) is 49.4 Å². The number of amides is 1. The van der Waals surface area contributed by atoms with Crippen molar-refractivity contribution < 1.29 is 14.3 Å². The molecule has 0 radical (unpaired) electrons. The van der Waals surface area contributed by atoms with E-state index in [9.17, 15) is 9.59 Å². The molecule has 33 heavy (non-hydrogen) atoms. The van der Waals surface area contributed by atoms with Crippen LogP contribution in [0.1, 0.15) is 35.1 Å². The number of benzene rings is 2. The highest BCUT2D eigenvalue weighted by molar-refractivity contribution is 7.14. The third-order valence-electron chi connectivity index (χ3n) is 5.24. The molecule has 1 amide bonds. The molecule has 168 valence electrons. The second-order valence-corrected chi connectivity index (χ2v) is 8.43. The number of nitrogens with zero attached hydrogens (tertiary/aromatic N) is 2. The number of hydrogen-bond acceptors (Lipinski definition) is 6. The molecular formula is C25H24N4O3S. The first-order valence-corrected chi connectivity index (χ1v) is 11.5. The Kier molecular flexibility index (Phi) is 6.65. The van der Waals surface area contributed by atoms with Crippen molar-refractivity contribution in [1.82, 2.24) is 15.0 Å². The lowest BCUT2D eigenvalue weighted by Gasteiger charge is -2.15. The highest BCUT2D eigenvalue weighted by Gasteiger charge is 2.23. The first-order chi connectivity index (χ1) is 15.9. The Bertz CT molecular complexity index is 1240. The number of aryl methyl sites for hydroxylation is 2. The first kappa shape index (κ1) is 22.4. The number of carbonyl (C=O) groups excluding carboxylic acids is 2. The molecule has 1 atom stereocenters. The molecule has 2 N–H and O–H groups in total. The van der Waals surface area contributed by atoms with Crippen LogP contribution in [0.25, 0.3) is 22.6 Å². The summed E-state index contributed by atoms with van der Waals surface area (Å²) in [6.07, 6.45) is -0.575. The fourth-order valence-corrected chi connectivity index (χ4v) is 3.95. The molecule has 0 spiro atoms. The van der Waals surface area contributed by atoms with E-state index in [-0.39, 0.29) is 0 Å². The Morgan fingerprint density at radius 2 is 1.76 bits per heavy atom. The van der Waals surface area contributed by atoms with E-state index in [1.54, 1.807) is 31.2 Å². The van der Waals surface area contributed by atoms with Gasteiger partial charge in [0.2, 0.25) is 0 Å². The van der Waals surface area contributed by atoms with Crippen LogP contribution < -0.4 is 5.32 Å². The first-order valence-electron chi connectivity index (χ1n) is 10.6. The SMILES string of the molecule is CCC(OC(=O)c1ccc(-c2nc(C)c(C)[nH]2)cc1)C(=O)Nc1nc(-c2ccccc2)cs1. The Morgan fingerprint density at radius 3 is 2.39 bits per heavy atom. The Hall–Kier alpha value is -3.78. The van der Waals surface area contributed by atoms with Gasteiger partial charge in [-0.3, -0.25) is 10.1 Å². The number of hydrogen-bond donors (Lipinski definition) is 2. The average Bonchev–Trinajstić information content (AvgIpc) is 3.44. The summed E-state index contributed by atoms with van der Waals surface area (Å²) >= 11 is 1.33. The summed E-state index contributed by atoms with van der Waals surface area (Å²) in [5.74, 6) is -0.216. The number of rotatable bonds is 7. The number of esters is 1. The van der Waals surface area contributed by atoms with Gasteiger partial charge in [-0.2, -0.15) is 0 Å². The number of aromatic nitrogens is 3. The van der Waals surface area contributed by atoms with E-state index in [2.05, 4.69) is 20.3 Å². The number of nitrogens with one attached hydrogen (secondary N) is 2. The number of anilines is 1. The number of ether oxygens (including phenoxy) is 1. The largest absolute Gasteiger partial charge is 0.449 e. The van der Waals surface area contributed by atoms with Gasteiger partial charge in [0.05, 0.1) is 17.0 Å². The Morgan fingerprint density at radius 1 is 1.03 bits per heavy atom. The van der Waals surface area contributed by atoms with Crippen molar-refractivity contribution in [1.29, 1.82) is 0 Å². The quantitative estimate of drug-likeness (QED) is 0.360. The third-order valence-corrected chi connectivity index (χ3v) is 6.00. The maximum absolute atomic E-state index is 12.7. The summed E-state index contributed by atoms with van der Waals surface area (Å²) in [5, 5.41) is 5.09. The van der Waals surface area contributed by atoms with E-state index in [0.29, 0.717) is 17.1 Å². The maximum atomic E-state index is 12.7. The van der Waals surface area contributed by atoms with Gasteiger partial charge >= 0.3 is 5.97 Å². The fraction of sp³-hybridized carbons (Fsp3) is 0.200. The predicted octanol–water partition coefficient (Wildman–Crippen LogP) is 5.39. The van der Waals surface area contributed by atoms with E-state index >= 15 is 0 Å². The average molecular weight is 461 g/mol. The highest BCUT2D eigenvalue weighted by atomic mass is 32.1. The van der Waals surface area contributed by atoms with Crippen LogP contribution in [-0.4, -0.2) is 32.9 Å². The third kappa shape index (κ3) is 5.18. The standard InChI is InChI=1S/C25H24N4O3S/c1-4-21(23(30)29-25-28-20(14-33-25)17-8-6-5-7-9-17)32-24(31)19-12-10-18(11-13-19)22-26-15(2)16(3)27-22/h5-14,21H,4H2,1-3H3,(H,26,27)(H,28,29,30). The highest BCUT2D eigenvalue weighted by Crippen LogP contribution is 2.25. The Labute approximate surface area is 195 Å². The summed E-state index contributed by atoms with van der Waals surface area (Å²) in [5.41, 5.74) is 4.91. The lowest BCUT2D eigenvalue weighted by atomic mass is 10.1. The summed E-state index contributed by atoms with van der Waals surface area (Å²) in [6, 6.07) is 16.7. The minimum absolute atomic E-state index is 0.345. The van der Waals surface area contributed by atoms with Crippen LogP contribution in [0.2, 0.25) is 0 Å². The monoisotopic (exact) mass is 460 g/mol. The van der Waals surface area contributed by atoms with Crippen LogP contribution in [-0.2, 0) is 9.53 Å². The Balaban J connectivity index is 1.39. The lowest BCUT2D eigenvalue weighted by Crippen LogP contribution is -2.32. The van der Waals surface area contributed by atoms with Crippen molar-refractivity contribution in [2.24, 2.45) is 0 Å². The van der Waals surface area contributed by atoms with E-state index < -0.39 is 18.0 Å². The normalized spacial score (nSPS) is 11.7. The minimum atomic E-state index is -0.920. The molecule has 0 aliphatic rings.